The first-order valence-corrected chi connectivity index (χ1v) is 5.16. The Morgan fingerprint density at radius 3 is 2.25 bits per heavy atom. The Balaban J connectivity index is 0.000000720. The van der Waals surface area contributed by atoms with Gasteiger partial charge < -0.3 is 0 Å². The maximum absolute atomic E-state index is 2.20. The number of benzene rings is 2. The topological polar surface area (TPSA) is 0 Å². The minimum atomic E-state index is 0. The molecule has 0 spiro atoms. The average molecular weight is 229 g/mol. The average Bonchev–Trinajstić information content (AvgIpc) is 2.06. The van der Waals surface area contributed by atoms with Crippen LogP contribution in [0.1, 0.15) is 0 Å². The summed E-state index contributed by atoms with van der Waals surface area (Å²) in [6.07, 6.45) is 0. The molecule has 2 aromatic carbocycles. The molecule has 0 bridgehead atoms. The number of hydrogen-bond acceptors (Lipinski definition) is 0. The third-order valence-corrected chi connectivity index (χ3v) is 3.17. The second-order valence-corrected chi connectivity index (χ2v) is 4.24. The van der Waals surface area contributed by atoms with Crippen LogP contribution in [0, 0.1) is 0 Å². The summed E-state index contributed by atoms with van der Waals surface area (Å²) < 4.78 is 1.48. The molecule has 2 heteroatoms. The van der Waals surface area contributed by atoms with E-state index in [0.29, 0.717) is 0 Å². The van der Waals surface area contributed by atoms with Crippen molar-refractivity contribution in [1.29, 1.82) is 0 Å². The molecule has 0 amide bonds. The normalized spacial score (nSPS) is 9.50. The van der Waals surface area contributed by atoms with Crippen molar-refractivity contribution < 1.29 is 18.3 Å². The minimum absolute atomic E-state index is 0. The first kappa shape index (κ1) is 9.70. The Bertz CT molecular complexity index is 379. The predicted molar refractivity (Wildman–Crippen MR) is 50.8 cm³/mol. The van der Waals surface area contributed by atoms with Gasteiger partial charge in [0.25, 0.3) is 0 Å². The van der Waals surface area contributed by atoms with E-state index in [0.717, 1.165) is 0 Å². The van der Waals surface area contributed by atoms with Crippen LogP contribution in [0.2, 0.25) is 0 Å². The molecule has 0 fully saturated rings. The van der Waals surface area contributed by atoms with Gasteiger partial charge in [0.05, 0.1) is 0 Å². The molecule has 0 aromatic heterocycles. The van der Waals surface area contributed by atoms with Crippen LogP contribution in [0.4, 0.5) is 0 Å². The van der Waals surface area contributed by atoms with Gasteiger partial charge in [-0.3, -0.25) is 0 Å². The molecule has 0 heterocycles. The summed E-state index contributed by atoms with van der Waals surface area (Å²) in [5.41, 5.74) is 0. The number of halogens is 1. The zero-order valence-electron chi connectivity index (χ0n) is 6.66. The molecule has 0 aliphatic carbocycles. The summed E-state index contributed by atoms with van der Waals surface area (Å²) in [7, 11) is 0. The van der Waals surface area contributed by atoms with Gasteiger partial charge >= 0.3 is 75.7 Å². The van der Waals surface area contributed by atoms with Gasteiger partial charge in [-0.1, -0.05) is 0 Å². The third-order valence-electron chi connectivity index (χ3n) is 1.88. The van der Waals surface area contributed by atoms with E-state index >= 15 is 0 Å². The molecule has 0 saturated heterocycles. The van der Waals surface area contributed by atoms with Crippen molar-refractivity contribution in [1.82, 2.24) is 0 Å². The molecule has 0 radical (unpaired) electrons. The van der Waals surface area contributed by atoms with Crippen molar-refractivity contribution in [3.05, 3.63) is 42.5 Å². The Morgan fingerprint density at radius 2 is 1.50 bits per heavy atom. The fourth-order valence-electron chi connectivity index (χ4n) is 1.29. The molecule has 0 aliphatic rings. The van der Waals surface area contributed by atoms with E-state index in [9.17, 15) is 0 Å². The molecule has 0 N–H and O–H groups in total. The summed E-state index contributed by atoms with van der Waals surface area (Å²) in [6, 6.07) is 15.0. The molecule has 12 heavy (non-hydrogen) atoms. The van der Waals surface area contributed by atoms with Crippen molar-refractivity contribution in [2.75, 3.05) is 0 Å². The maximum atomic E-state index is 2.20. The summed E-state index contributed by atoms with van der Waals surface area (Å²) in [6.45, 7) is 0. The van der Waals surface area contributed by atoms with E-state index < -0.39 is 0 Å². The van der Waals surface area contributed by atoms with Gasteiger partial charge in [0, 0.05) is 0 Å². The number of rotatable bonds is 0. The Morgan fingerprint density at radius 1 is 0.833 bits per heavy atom. The molecule has 0 nitrogen and oxygen atoms in total. The van der Waals surface area contributed by atoms with Crippen LogP contribution in [-0.2, 0) is 18.3 Å². The van der Waals surface area contributed by atoms with Crippen molar-refractivity contribution in [3.8, 4) is 0 Å². The fourth-order valence-corrected chi connectivity index (χ4v) is 2.25. The van der Waals surface area contributed by atoms with Gasteiger partial charge in [-0.2, -0.15) is 0 Å². The Labute approximate surface area is 88.1 Å². The number of hydrogen-bond donors (Lipinski definition) is 0. The molecule has 2 rings (SSSR count). The predicted octanol–water partition coefficient (Wildman–Crippen LogP) is 2.43. The first-order valence-electron chi connectivity index (χ1n) is 3.67. The molecule has 0 atom stereocenters. The second kappa shape index (κ2) is 4.02. The first-order chi connectivity index (χ1) is 5.38. The van der Waals surface area contributed by atoms with E-state index in [1.165, 1.54) is 33.2 Å². The van der Waals surface area contributed by atoms with Crippen LogP contribution in [0.3, 0.4) is 0 Å². The van der Waals surface area contributed by atoms with E-state index in [-0.39, 0.29) is 12.4 Å². The molecule has 57 valence electrons. The molecular weight excluding hydrogens is 221 g/mol. The molecular formula is C10H8ClZn. The van der Waals surface area contributed by atoms with Crippen molar-refractivity contribution in [2.24, 2.45) is 0 Å². The number of fused-ring (bicyclic) bond motifs is 1. The Hall–Kier alpha value is -0.387. The zero-order valence-corrected chi connectivity index (χ0v) is 10.4. The van der Waals surface area contributed by atoms with Gasteiger partial charge in [0.2, 0.25) is 0 Å². The van der Waals surface area contributed by atoms with Crippen LogP contribution < -0.4 is 4.16 Å². The quantitative estimate of drug-likeness (QED) is 0.608. The molecule has 2 aromatic rings. The SMILES string of the molecule is Cl.[Zn][c]1cccc2ccccc12. The van der Waals surface area contributed by atoms with Gasteiger partial charge in [0.15, 0.2) is 0 Å². The summed E-state index contributed by atoms with van der Waals surface area (Å²) >= 11 is 1.24. The van der Waals surface area contributed by atoms with Crippen LogP contribution in [0.25, 0.3) is 10.8 Å². The van der Waals surface area contributed by atoms with Crippen molar-refractivity contribution in [3.63, 3.8) is 0 Å². The third kappa shape index (κ3) is 1.68. The van der Waals surface area contributed by atoms with Crippen LogP contribution in [0.15, 0.2) is 42.5 Å². The molecule has 0 unspecified atom stereocenters. The monoisotopic (exact) mass is 227 g/mol. The second-order valence-electron chi connectivity index (χ2n) is 2.64. The zero-order chi connectivity index (χ0) is 7.68. The molecule has 0 saturated carbocycles. The van der Waals surface area contributed by atoms with Gasteiger partial charge in [0.1, 0.15) is 0 Å². The standard InChI is InChI=1S/C10H7.ClH.Zn/c1-2-6-10-8-4-3-7-9(10)5-1;;/h1-7H;1H;. The van der Waals surface area contributed by atoms with Gasteiger partial charge in [-0.05, 0) is 0 Å². The Kier molecular flexibility index (Phi) is 3.25. The van der Waals surface area contributed by atoms with Gasteiger partial charge in [-0.25, -0.2) is 0 Å². The van der Waals surface area contributed by atoms with E-state index in [2.05, 4.69) is 42.5 Å². The summed E-state index contributed by atoms with van der Waals surface area (Å²) in [4.78, 5) is 0. The summed E-state index contributed by atoms with van der Waals surface area (Å²) in [5, 5.41) is 2.77. The van der Waals surface area contributed by atoms with Crippen LogP contribution in [0.5, 0.6) is 0 Å². The van der Waals surface area contributed by atoms with Crippen LogP contribution >= 0.6 is 12.4 Å². The summed E-state index contributed by atoms with van der Waals surface area (Å²) in [5.74, 6) is 0. The van der Waals surface area contributed by atoms with E-state index in [1.807, 2.05) is 0 Å². The van der Waals surface area contributed by atoms with Crippen LogP contribution in [-0.4, -0.2) is 0 Å². The van der Waals surface area contributed by atoms with Crippen molar-refractivity contribution >= 4 is 27.3 Å². The van der Waals surface area contributed by atoms with E-state index in [1.54, 1.807) is 0 Å². The molecule has 0 aliphatic heterocycles. The van der Waals surface area contributed by atoms with Gasteiger partial charge in [-0.15, -0.1) is 12.4 Å². The van der Waals surface area contributed by atoms with Crippen molar-refractivity contribution in [2.45, 2.75) is 0 Å². The fraction of sp³-hybridized carbons (Fsp3) is 0. The van der Waals surface area contributed by atoms with E-state index in [4.69, 9.17) is 0 Å².